The minimum atomic E-state index is -0.938. The van der Waals surface area contributed by atoms with E-state index in [4.69, 9.17) is 5.11 Å². The zero-order valence-electron chi connectivity index (χ0n) is 9.83. The number of aryl methyl sites for hydroxylation is 1. The number of thiazole rings is 1. The largest absolute Gasteiger partial charge is 0.480 e. The van der Waals surface area contributed by atoms with Gasteiger partial charge < -0.3 is 10.4 Å². The van der Waals surface area contributed by atoms with Crippen molar-refractivity contribution in [3.8, 4) is 0 Å². The van der Waals surface area contributed by atoms with Gasteiger partial charge in [-0.15, -0.1) is 16.4 Å². The van der Waals surface area contributed by atoms with E-state index in [-0.39, 0.29) is 6.54 Å². The lowest BCUT2D eigenvalue weighted by Gasteiger charge is -1.97. The maximum absolute atomic E-state index is 10.5. The summed E-state index contributed by atoms with van der Waals surface area (Å²) in [6.07, 6.45) is 2.52. The topological polar surface area (TPSA) is 92.9 Å². The molecule has 0 bridgehead atoms. The average Bonchev–Trinajstić information content (AvgIpc) is 2.94. The number of rotatable bonds is 6. The molecule has 2 rings (SSSR count). The van der Waals surface area contributed by atoms with Crippen molar-refractivity contribution in [3.05, 3.63) is 23.0 Å². The van der Waals surface area contributed by atoms with E-state index in [1.165, 1.54) is 16.0 Å². The van der Waals surface area contributed by atoms with Gasteiger partial charge >= 0.3 is 5.97 Å². The molecular formula is C10H13N5O2S. The summed E-state index contributed by atoms with van der Waals surface area (Å²) in [4.78, 5) is 14.8. The Kier molecular flexibility index (Phi) is 3.88. The molecule has 0 aliphatic rings. The fraction of sp³-hybridized carbons (Fsp3) is 0.400. The van der Waals surface area contributed by atoms with Crippen molar-refractivity contribution >= 4 is 22.4 Å². The molecule has 0 radical (unpaired) electrons. The van der Waals surface area contributed by atoms with Crippen LogP contribution < -0.4 is 5.32 Å². The van der Waals surface area contributed by atoms with E-state index >= 15 is 0 Å². The molecule has 0 aliphatic carbocycles. The van der Waals surface area contributed by atoms with Gasteiger partial charge in [-0.25, -0.2) is 9.67 Å². The highest BCUT2D eigenvalue weighted by Gasteiger charge is 2.05. The second-order valence-corrected chi connectivity index (χ2v) is 4.51. The third kappa shape index (κ3) is 3.27. The molecule has 0 saturated heterocycles. The molecule has 2 heterocycles. The van der Waals surface area contributed by atoms with Crippen molar-refractivity contribution in [2.75, 3.05) is 5.32 Å². The molecule has 0 spiro atoms. The Bertz CT molecular complexity index is 536. The molecule has 0 amide bonds. The Morgan fingerprint density at radius 1 is 1.56 bits per heavy atom. The van der Waals surface area contributed by atoms with Gasteiger partial charge in [0.05, 0.1) is 18.4 Å². The van der Waals surface area contributed by atoms with E-state index in [9.17, 15) is 4.79 Å². The van der Waals surface area contributed by atoms with Gasteiger partial charge in [-0.2, -0.15) is 0 Å². The molecule has 0 fully saturated rings. The first-order valence-corrected chi connectivity index (χ1v) is 6.34. The Balaban J connectivity index is 1.89. The van der Waals surface area contributed by atoms with Crippen LogP contribution in [0.1, 0.15) is 18.3 Å². The molecule has 2 N–H and O–H groups in total. The van der Waals surface area contributed by atoms with Crippen molar-refractivity contribution in [1.29, 1.82) is 0 Å². The first-order chi connectivity index (χ1) is 8.67. The van der Waals surface area contributed by atoms with Gasteiger partial charge in [0.2, 0.25) is 0 Å². The molecule has 2 aromatic heterocycles. The van der Waals surface area contributed by atoms with Crippen LogP contribution in [0.3, 0.4) is 0 Å². The highest BCUT2D eigenvalue weighted by molar-refractivity contribution is 7.13. The SMILES string of the molecule is CCc1csc(NCc2cn(CC(=O)O)nn2)n1. The van der Waals surface area contributed by atoms with Crippen molar-refractivity contribution in [2.45, 2.75) is 26.4 Å². The second kappa shape index (κ2) is 5.58. The van der Waals surface area contributed by atoms with E-state index in [2.05, 4.69) is 27.5 Å². The van der Waals surface area contributed by atoms with Crippen molar-refractivity contribution < 1.29 is 9.90 Å². The third-order valence-electron chi connectivity index (χ3n) is 2.22. The van der Waals surface area contributed by atoms with Crippen LogP contribution in [-0.4, -0.2) is 31.1 Å². The van der Waals surface area contributed by atoms with Gasteiger partial charge in [0.15, 0.2) is 5.13 Å². The normalized spacial score (nSPS) is 10.5. The minimum Gasteiger partial charge on any atom is -0.480 e. The lowest BCUT2D eigenvalue weighted by molar-refractivity contribution is -0.137. The highest BCUT2D eigenvalue weighted by Crippen LogP contribution is 2.16. The van der Waals surface area contributed by atoms with Crippen LogP contribution >= 0.6 is 11.3 Å². The van der Waals surface area contributed by atoms with Gasteiger partial charge in [0.25, 0.3) is 0 Å². The van der Waals surface area contributed by atoms with Gasteiger partial charge in [-0.1, -0.05) is 12.1 Å². The Morgan fingerprint density at radius 3 is 3.06 bits per heavy atom. The van der Waals surface area contributed by atoms with Crippen LogP contribution in [0.25, 0.3) is 0 Å². The number of nitrogens with one attached hydrogen (secondary N) is 1. The molecule has 0 atom stereocenters. The van der Waals surface area contributed by atoms with Gasteiger partial charge in [-0.3, -0.25) is 4.79 Å². The van der Waals surface area contributed by atoms with Crippen LogP contribution in [0.2, 0.25) is 0 Å². The Hall–Kier alpha value is -1.96. The van der Waals surface area contributed by atoms with E-state index in [1.807, 2.05) is 5.38 Å². The fourth-order valence-electron chi connectivity index (χ4n) is 1.35. The number of aliphatic carboxylic acids is 1. The number of carbonyl (C=O) groups is 1. The van der Waals surface area contributed by atoms with E-state index < -0.39 is 5.97 Å². The standard InChI is InChI=1S/C10H13N5O2S/c1-2-7-6-18-10(12-7)11-3-8-4-15(14-13-8)5-9(16)17/h4,6H,2-3,5H2,1H3,(H,11,12)(H,16,17). The molecule has 0 unspecified atom stereocenters. The summed E-state index contributed by atoms with van der Waals surface area (Å²) in [5.74, 6) is -0.938. The molecule has 96 valence electrons. The van der Waals surface area contributed by atoms with Gasteiger partial charge in [0, 0.05) is 5.38 Å². The third-order valence-corrected chi connectivity index (χ3v) is 3.07. The van der Waals surface area contributed by atoms with E-state index in [0.29, 0.717) is 12.2 Å². The lowest BCUT2D eigenvalue weighted by Crippen LogP contribution is -2.09. The Morgan fingerprint density at radius 2 is 2.39 bits per heavy atom. The zero-order valence-corrected chi connectivity index (χ0v) is 10.6. The Labute approximate surface area is 107 Å². The van der Waals surface area contributed by atoms with Crippen molar-refractivity contribution in [1.82, 2.24) is 20.0 Å². The van der Waals surface area contributed by atoms with Crippen molar-refractivity contribution in [2.24, 2.45) is 0 Å². The van der Waals surface area contributed by atoms with Crippen LogP contribution in [0.15, 0.2) is 11.6 Å². The van der Waals surface area contributed by atoms with Crippen LogP contribution in [0.4, 0.5) is 5.13 Å². The molecule has 0 saturated carbocycles. The van der Waals surface area contributed by atoms with Crippen LogP contribution in [-0.2, 0) is 24.3 Å². The number of anilines is 1. The van der Waals surface area contributed by atoms with Crippen molar-refractivity contribution in [3.63, 3.8) is 0 Å². The maximum Gasteiger partial charge on any atom is 0.325 e. The summed E-state index contributed by atoms with van der Waals surface area (Å²) in [6, 6.07) is 0. The lowest BCUT2D eigenvalue weighted by atomic mass is 10.4. The monoisotopic (exact) mass is 267 g/mol. The molecule has 0 aliphatic heterocycles. The number of hydrogen-bond acceptors (Lipinski definition) is 6. The number of aromatic nitrogens is 4. The summed E-state index contributed by atoms with van der Waals surface area (Å²) in [6.45, 7) is 2.36. The predicted octanol–water partition coefficient (Wildman–Crippen LogP) is 0.994. The quantitative estimate of drug-likeness (QED) is 0.811. The molecular weight excluding hydrogens is 254 g/mol. The molecule has 0 aromatic carbocycles. The summed E-state index contributed by atoms with van der Waals surface area (Å²) >= 11 is 1.54. The summed E-state index contributed by atoms with van der Waals surface area (Å²) in [7, 11) is 0. The smallest absolute Gasteiger partial charge is 0.325 e. The zero-order chi connectivity index (χ0) is 13.0. The van der Waals surface area contributed by atoms with E-state index in [1.54, 1.807) is 6.20 Å². The number of carboxylic acid groups (broad SMARTS) is 1. The summed E-state index contributed by atoms with van der Waals surface area (Å²) in [5.41, 5.74) is 1.74. The van der Waals surface area contributed by atoms with Crippen LogP contribution in [0, 0.1) is 0 Å². The van der Waals surface area contributed by atoms with Gasteiger partial charge in [-0.05, 0) is 6.42 Å². The first kappa shape index (κ1) is 12.5. The highest BCUT2D eigenvalue weighted by atomic mass is 32.1. The number of hydrogen-bond donors (Lipinski definition) is 2. The molecule has 8 heteroatoms. The molecule has 7 nitrogen and oxygen atoms in total. The second-order valence-electron chi connectivity index (χ2n) is 3.65. The minimum absolute atomic E-state index is 0.176. The first-order valence-electron chi connectivity index (χ1n) is 5.46. The number of nitrogens with zero attached hydrogens (tertiary/aromatic N) is 4. The van der Waals surface area contributed by atoms with Crippen LogP contribution in [0.5, 0.6) is 0 Å². The summed E-state index contributed by atoms with van der Waals surface area (Å²) < 4.78 is 1.29. The maximum atomic E-state index is 10.5. The number of carboxylic acids is 1. The molecule has 2 aromatic rings. The summed E-state index contributed by atoms with van der Waals surface area (Å²) in [5, 5.41) is 22.2. The predicted molar refractivity (Wildman–Crippen MR) is 66.5 cm³/mol. The van der Waals surface area contributed by atoms with Gasteiger partial charge in [0.1, 0.15) is 12.2 Å². The molecule has 18 heavy (non-hydrogen) atoms. The van der Waals surface area contributed by atoms with E-state index in [0.717, 1.165) is 17.2 Å². The average molecular weight is 267 g/mol. The fourth-order valence-corrected chi connectivity index (χ4v) is 2.14.